The Labute approximate surface area is 220 Å². The van der Waals surface area contributed by atoms with Gasteiger partial charge < -0.3 is 10.1 Å². The van der Waals surface area contributed by atoms with E-state index in [9.17, 15) is 25.0 Å². The summed E-state index contributed by atoms with van der Waals surface area (Å²) in [6.07, 6.45) is 7.81. The van der Waals surface area contributed by atoms with Crippen LogP contribution >= 0.6 is 23.1 Å². The van der Waals surface area contributed by atoms with Gasteiger partial charge in [0.05, 0.1) is 22.0 Å². The maximum absolute atomic E-state index is 13.0. The standard InChI is InChI=1S/C25H21N5O5S2/c1-2-35-24(32)21-17-6-3-4-7-19(17)36-23(21)29-22(31)16(14-26)12-15-8-9-20(18(13-15)30(33)34)37-25-27-10-5-11-28-25/h5,8-13H,2-4,6-7H2,1H3,(H,29,31)/b16-12-. The van der Waals surface area contributed by atoms with Crippen molar-refractivity contribution in [3.8, 4) is 6.07 Å². The van der Waals surface area contributed by atoms with Crippen molar-refractivity contribution in [2.75, 3.05) is 11.9 Å². The molecular formula is C25H21N5O5S2. The van der Waals surface area contributed by atoms with Gasteiger partial charge >= 0.3 is 5.97 Å². The molecule has 4 rings (SSSR count). The Bertz CT molecular complexity index is 1430. The molecule has 1 aliphatic carbocycles. The van der Waals surface area contributed by atoms with E-state index in [4.69, 9.17) is 4.74 Å². The predicted octanol–water partition coefficient (Wildman–Crippen LogP) is 5.20. The van der Waals surface area contributed by atoms with Crippen molar-refractivity contribution in [2.45, 2.75) is 42.7 Å². The summed E-state index contributed by atoms with van der Waals surface area (Å²) in [7, 11) is 0. The molecule has 1 aliphatic rings. The Morgan fingerprint density at radius 1 is 1.30 bits per heavy atom. The first-order valence-electron chi connectivity index (χ1n) is 11.4. The average Bonchev–Trinajstić information content (AvgIpc) is 3.26. The largest absolute Gasteiger partial charge is 0.462 e. The summed E-state index contributed by atoms with van der Waals surface area (Å²) in [5.74, 6) is -1.23. The molecule has 0 unspecified atom stereocenters. The predicted molar refractivity (Wildman–Crippen MR) is 138 cm³/mol. The van der Waals surface area contributed by atoms with Gasteiger partial charge in [-0.2, -0.15) is 5.26 Å². The number of benzene rings is 1. The van der Waals surface area contributed by atoms with Gasteiger partial charge in [-0.15, -0.1) is 11.3 Å². The third kappa shape index (κ3) is 6.02. The fourth-order valence-corrected chi connectivity index (χ4v) is 5.92. The lowest BCUT2D eigenvalue weighted by molar-refractivity contribution is -0.387. The van der Waals surface area contributed by atoms with Crippen molar-refractivity contribution in [3.05, 3.63) is 73.9 Å². The number of carbonyl (C=O) groups is 2. The van der Waals surface area contributed by atoms with Crippen molar-refractivity contribution in [2.24, 2.45) is 0 Å². The normalized spacial score (nSPS) is 12.8. The molecule has 10 nitrogen and oxygen atoms in total. The van der Waals surface area contributed by atoms with Gasteiger partial charge in [-0.1, -0.05) is 6.07 Å². The van der Waals surface area contributed by atoms with Gasteiger partial charge in [-0.3, -0.25) is 14.9 Å². The number of esters is 1. The van der Waals surface area contributed by atoms with E-state index in [1.807, 2.05) is 6.07 Å². The number of nitriles is 1. The number of nitro benzene ring substituents is 1. The summed E-state index contributed by atoms with van der Waals surface area (Å²) in [5, 5.41) is 24.7. The third-order valence-corrected chi connectivity index (χ3v) is 7.64. The Kier molecular flexibility index (Phi) is 8.27. The maximum Gasteiger partial charge on any atom is 0.341 e. The highest BCUT2D eigenvalue weighted by Crippen LogP contribution is 2.39. The summed E-state index contributed by atoms with van der Waals surface area (Å²) in [5.41, 5.74) is 1.06. The second-order valence-electron chi connectivity index (χ2n) is 7.88. The molecule has 37 heavy (non-hydrogen) atoms. The number of amides is 1. The van der Waals surface area contributed by atoms with Gasteiger partial charge in [-0.25, -0.2) is 14.8 Å². The molecule has 0 saturated heterocycles. The molecular weight excluding hydrogens is 514 g/mol. The van der Waals surface area contributed by atoms with Crippen LogP contribution in [-0.2, 0) is 22.4 Å². The summed E-state index contributed by atoms with van der Waals surface area (Å²) < 4.78 is 5.21. The molecule has 1 N–H and O–H groups in total. The zero-order valence-corrected chi connectivity index (χ0v) is 21.4. The van der Waals surface area contributed by atoms with E-state index < -0.39 is 16.8 Å². The van der Waals surface area contributed by atoms with E-state index in [1.54, 1.807) is 19.1 Å². The number of nitrogens with zero attached hydrogens (tertiary/aromatic N) is 4. The highest BCUT2D eigenvalue weighted by atomic mass is 32.2. The van der Waals surface area contributed by atoms with Crippen LogP contribution in [0.1, 0.15) is 46.1 Å². The number of hydrogen-bond donors (Lipinski definition) is 1. The minimum Gasteiger partial charge on any atom is -0.462 e. The van der Waals surface area contributed by atoms with Gasteiger partial charge in [0.2, 0.25) is 0 Å². The molecule has 0 bridgehead atoms. The summed E-state index contributed by atoms with van der Waals surface area (Å²) >= 11 is 2.35. The lowest BCUT2D eigenvalue weighted by Crippen LogP contribution is -2.16. The minimum atomic E-state index is -0.717. The maximum atomic E-state index is 13.0. The first-order valence-corrected chi connectivity index (χ1v) is 13.0. The lowest BCUT2D eigenvalue weighted by atomic mass is 9.95. The molecule has 0 spiro atoms. The first-order chi connectivity index (χ1) is 17.9. The third-order valence-electron chi connectivity index (χ3n) is 5.48. The fourth-order valence-electron chi connectivity index (χ4n) is 3.85. The van der Waals surface area contributed by atoms with E-state index in [0.717, 1.165) is 47.9 Å². The number of carbonyl (C=O) groups excluding carboxylic acids is 2. The molecule has 0 saturated carbocycles. The SMILES string of the molecule is CCOC(=O)c1c(NC(=O)/C(C#N)=C\c2ccc(Sc3ncccn3)c([N+](=O)[O-])c2)sc2c1CCCC2. The number of aryl methyl sites for hydroxylation is 1. The molecule has 2 aromatic heterocycles. The van der Waals surface area contributed by atoms with Crippen molar-refractivity contribution in [1.29, 1.82) is 5.26 Å². The molecule has 1 amide bonds. The zero-order chi connectivity index (χ0) is 26.4. The van der Waals surface area contributed by atoms with Crippen LogP contribution < -0.4 is 5.32 Å². The number of fused-ring (bicyclic) bond motifs is 1. The molecule has 2 heterocycles. The quantitative estimate of drug-likeness (QED) is 0.103. The number of aromatic nitrogens is 2. The Balaban J connectivity index is 1.61. The molecule has 1 aromatic carbocycles. The number of anilines is 1. The van der Waals surface area contributed by atoms with E-state index in [-0.39, 0.29) is 17.9 Å². The van der Waals surface area contributed by atoms with Gasteiger partial charge in [0.1, 0.15) is 16.6 Å². The second-order valence-corrected chi connectivity index (χ2v) is 9.99. The number of nitrogens with one attached hydrogen (secondary N) is 1. The van der Waals surface area contributed by atoms with Gasteiger partial charge in [0.15, 0.2) is 5.16 Å². The van der Waals surface area contributed by atoms with Crippen molar-refractivity contribution >= 4 is 51.7 Å². The number of ether oxygens (including phenoxy) is 1. The molecule has 12 heteroatoms. The lowest BCUT2D eigenvalue weighted by Gasteiger charge is -2.12. The smallest absolute Gasteiger partial charge is 0.341 e. The van der Waals surface area contributed by atoms with E-state index in [0.29, 0.717) is 26.2 Å². The molecule has 0 radical (unpaired) electrons. The Hall–Kier alpha value is -4.08. The summed E-state index contributed by atoms with van der Waals surface area (Å²) in [4.78, 5) is 46.3. The minimum absolute atomic E-state index is 0.198. The van der Waals surface area contributed by atoms with Crippen LogP contribution in [0.3, 0.4) is 0 Å². The second kappa shape index (κ2) is 11.8. The zero-order valence-electron chi connectivity index (χ0n) is 19.7. The van der Waals surface area contributed by atoms with Crippen LogP contribution in [0.25, 0.3) is 6.08 Å². The van der Waals surface area contributed by atoms with Crippen LogP contribution in [0.15, 0.2) is 52.3 Å². The van der Waals surface area contributed by atoms with E-state index in [1.165, 1.54) is 41.9 Å². The van der Waals surface area contributed by atoms with Crippen molar-refractivity contribution in [3.63, 3.8) is 0 Å². The molecule has 0 fully saturated rings. The molecule has 0 atom stereocenters. The van der Waals surface area contributed by atoms with Crippen LogP contribution in [0, 0.1) is 21.4 Å². The van der Waals surface area contributed by atoms with Crippen LogP contribution in [0.5, 0.6) is 0 Å². The molecule has 188 valence electrons. The number of nitro groups is 1. The van der Waals surface area contributed by atoms with Gasteiger partial charge in [-0.05, 0) is 73.7 Å². The van der Waals surface area contributed by atoms with Crippen LogP contribution in [0.2, 0.25) is 0 Å². The molecule has 0 aliphatic heterocycles. The fraction of sp³-hybridized carbons (Fsp3) is 0.240. The van der Waals surface area contributed by atoms with E-state index in [2.05, 4.69) is 15.3 Å². The summed E-state index contributed by atoms with van der Waals surface area (Å²) in [6.45, 7) is 1.91. The van der Waals surface area contributed by atoms with Crippen LogP contribution in [0.4, 0.5) is 10.7 Å². The summed E-state index contributed by atoms with van der Waals surface area (Å²) in [6, 6.07) is 7.86. The van der Waals surface area contributed by atoms with Gasteiger partial charge in [0, 0.05) is 23.3 Å². The Morgan fingerprint density at radius 3 is 2.76 bits per heavy atom. The van der Waals surface area contributed by atoms with Gasteiger partial charge in [0.25, 0.3) is 11.6 Å². The monoisotopic (exact) mass is 535 g/mol. The number of hydrogen-bond acceptors (Lipinski definition) is 10. The van der Waals surface area contributed by atoms with Crippen molar-refractivity contribution in [1.82, 2.24) is 9.97 Å². The first kappa shape index (κ1) is 26.0. The molecule has 3 aromatic rings. The highest BCUT2D eigenvalue weighted by Gasteiger charge is 2.28. The topological polar surface area (TPSA) is 148 Å². The highest BCUT2D eigenvalue weighted by molar-refractivity contribution is 7.99. The number of thiophene rings is 1. The number of rotatable bonds is 8. The van der Waals surface area contributed by atoms with Crippen LogP contribution in [-0.4, -0.2) is 33.4 Å². The van der Waals surface area contributed by atoms with E-state index >= 15 is 0 Å². The Morgan fingerprint density at radius 2 is 2.05 bits per heavy atom. The van der Waals surface area contributed by atoms with Crippen molar-refractivity contribution < 1.29 is 19.2 Å². The average molecular weight is 536 g/mol.